The third-order valence-corrected chi connectivity index (χ3v) is 5.73. The Morgan fingerprint density at radius 2 is 2.27 bits per heavy atom. The maximum atomic E-state index is 12.0. The van der Waals surface area contributed by atoms with Gasteiger partial charge in [-0.3, -0.25) is 9.48 Å². The Morgan fingerprint density at radius 3 is 2.97 bits per heavy atom. The number of allylic oxidation sites excluding steroid dienone is 1. The summed E-state index contributed by atoms with van der Waals surface area (Å²) < 4.78 is 7.20. The van der Waals surface area contributed by atoms with Crippen LogP contribution >= 0.6 is 0 Å². The van der Waals surface area contributed by atoms with Gasteiger partial charge < -0.3 is 20.7 Å². The highest BCUT2D eigenvalue weighted by Gasteiger charge is 2.31. The number of carbonyl (C=O) groups is 1. The predicted molar refractivity (Wildman–Crippen MR) is 114 cm³/mol. The number of carbonyl (C=O) groups excluding carboxylic acids is 1. The monoisotopic (exact) mass is 405 g/mol. The van der Waals surface area contributed by atoms with Crippen molar-refractivity contribution in [2.45, 2.75) is 39.2 Å². The van der Waals surface area contributed by atoms with Crippen molar-refractivity contribution in [2.75, 3.05) is 5.32 Å². The number of benzene rings is 1. The first-order valence-corrected chi connectivity index (χ1v) is 10.1. The van der Waals surface area contributed by atoms with Crippen LogP contribution in [-0.2, 0) is 0 Å². The molecule has 1 aromatic carbocycles. The zero-order valence-corrected chi connectivity index (χ0v) is 17.0. The molecule has 8 nitrogen and oxygen atoms in total. The average molecular weight is 405 g/mol. The van der Waals surface area contributed by atoms with Crippen molar-refractivity contribution in [3.63, 3.8) is 0 Å². The van der Waals surface area contributed by atoms with Gasteiger partial charge in [-0.05, 0) is 54.9 Å². The molecule has 2 atom stereocenters. The molecule has 1 fully saturated rings. The molecule has 4 rings (SSSR count). The number of amides is 1. The lowest BCUT2D eigenvalue weighted by Crippen LogP contribution is -2.24. The van der Waals surface area contributed by atoms with E-state index in [0.29, 0.717) is 11.6 Å². The van der Waals surface area contributed by atoms with E-state index in [-0.39, 0.29) is 23.4 Å². The first-order valence-electron chi connectivity index (χ1n) is 10.1. The molecule has 1 aliphatic carbocycles. The topological polar surface area (TPSA) is 126 Å². The second kappa shape index (κ2) is 7.88. The van der Waals surface area contributed by atoms with Crippen LogP contribution in [-0.4, -0.2) is 27.8 Å². The summed E-state index contributed by atoms with van der Waals surface area (Å²) in [6.45, 7) is 4.10. The predicted octanol–water partition coefficient (Wildman–Crippen LogP) is 3.04. The minimum atomic E-state index is -0.967. The Kier molecular flexibility index (Phi) is 5.26. The Labute approximate surface area is 175 Å². The molecule has 154 valence electrons. The van der Waals surface area contributed by atoms with Gasteiger partial charge in [-0.1, -0.05) is 13.8 Å². The zero-order valence-electron chi connectivity index (χ0n) is 17.0. The van der Waals surface area contributed by atoms with Crippen LogP contribution < -0.4 is 15.7 Å². The average Bonchev–Trinajstić information content (AvgIpc) is 3.34. The Morgan fingerprint density at radius 1 is 1.47 bits per heavy atom. The van der Waals surface area contributed by atoms with Gasteiger partial charge in [-0.25, -0.2) is 0 Å². The van der Waals surface area contributed by atoms with E-state index in [1.54, 1.807) is 29.0 Å². The third kappa shape index (κ3) is 3.66. The van der Waals surface area contributed by atoms with Crippen LogP contribution in [0.5, 0.6) is 5.75 Å². The molecule has 2 heterocycles. The van der Waals surface area contributed by atoms with Crippen molar-refractivity contribution in [1.29, 1.82) is 5.26 Å². The van der Waals surface area contributed by atoms with E-state index in [4.69, 9.17) is 10.4 Å². The Bertz CT molecular complexity index is 1060. The summed E-state index contributed by atoms with van der Waals surface area (Å²) in [5.41, 5.74) is 8.44. The minimum Gasteiger partial charge on any atom is -0.532 e. The molecule has 1 aromatic heterocycles. The first-order chi connectivity index (χ1) is 14.4. The van der Waals surface area contributed by atoms with Gasteiger partial charge in [0.15, 0.2) is 5.82 Å². The minimum absolute atomic E-state index is 0.0578. The number of hydrogen-bond acceptors (Lipinski definition) is 6. The van der Waals surface area contributed by atoms with Crippen molar-refractivity contribution < 1.29 is 14.5 Å². The van der Waals surface area contributed by atoms with Crippen LogP contribution in [0.4, 0.5) is 11.5 Å². The zero-order chi connectivity index (χ0) is 21.4. The number of nitrogens with two attached hydrogens (primary N) is 1. The number of fused-ring (bicyclic) bond motifs is 1. The van der Waals surface area contributed by atoms with Crippen molar-refractivity contribution in [3.8, 4) is 11.8 Å². The highest BCUT2D eigenvalue weighted by molar-refractivity contribution is 6.52. The van der Waals surface area contributed by atoms with E-state index in [2.05, 4.69) is 16.5 Å². The van der Waals surface area contributed by atoms with Gasteiger partial charge in [0.25, 0.3) is 5.91 Å². The lowest BCUT2D eigenvalue weighted by Gasteiger charge is -2.23. The quantitative estimate of drug-likeness (QED) is 0.657. The van der Waals surface area contributed by atoms with E-state index in [0.717, 1.165) is 36.1 Å². The number of aromatic nitrogens is 2. The fraction of sp³-hybridized carbons (Fsp3) is 0.381. The largest absolute Gasteiger partial charge is 0.552 e. The van der Waals surface area contributed by atoms with Gasteiger partial charge in [0.1, 0.15) is 11.3 Å². The van der Waals surface area contributed by atoms with Gasteiger partial charge >= 0.3 is 7.12 Å². The third-order valence-electron chi connectivity index (χ3n) is 5.73. The van der Waals surface area contributed by atoms with Crippen LogP contribution in [0.2, 0.25) is 0 Å². The van der Waals surface area contributed by atoms with E-state index in [1.165, 1.54) is 0 Å². The summed E-state index contributed by atoms with van der Waals surface area (Å²) in [5.74, 6) is 2.15. The maximum absolute atomic E-state index is 12.0. The van der Waals surface area contributed by atoms with Gasteiger partial charge in [-0.15, -0.1) is 0 Å². The molecule has 2 aliphatic rings. The molecular formula is C21H24BN5O3. The summed E-state index contributed by atoms with van der Waals surface area (Å²) >= 11 is 0. The van der Waals surface area contributed by atoms with Crippen LogP contribution in [0, 0.1) is 23.2 Å². The molecule has 2 aromatic rings. The first kappa shape index (κ1) is 20.0. The Balaban J connectivity index is 1.67. The van der Waals surface area contributed by atoms with Crippen LogP contribution in [0.25, 0.3) is 5.57 Å². The SMILES string of the molecule is CC(C)C1=CB(O)Oc2ccc(Nc3nn([C@@H]4CCC[C@H]4C#N)cc3C(N)=O)cc21. The van der Waals surface area contributed by atoms with Crippen molar-refractivity contribution in [2.24, 2.45) is 17.6 Å². The van der Waals surface area contributed by atoms with Crippen molar-refractivity contribution in [1.82, 2.24) is 9.78 Å². The summed E-state index contributed by atoms with van der Waals surface area (Å²) in [5, 5.41) is 27.1. The van der Waals surface area contributed by atoms with Crippen molar-refractivity contribution >= 4 is 30.1 Å². The van der Waals surface area contributed by atoms with E-state index >= 15 is 0 Å². The lowest BCUT2D eigenvalue weighted by atomic mass is 9.78. The van der Waals surface area contributed by atoms with Crippen LogP contribution in [0.15, 0.2) is 30.4 Å². The summed E-state index contributed by atoms with van der Waals surface area (Å²) in [6.07, 6.45) is 4.26. The summed E-state index contributed by atoms with van der Waals surface area (Å²) in [4.78, 5) is 12.0. The fourth-order valence-electron chi connectivity index (χ4n) is 4.23. The van der Waals surface area contributed by atoms with E-state index in [9.17, 15) is 15.1 Å². The maximum Gasteiger partial charge on any atom is 0.552 e. The normalized spacial score (nSPS) is 20.4. The molecule has 0 saturated heterocycles. The number of hydrogen-bond donors (Lipinski definition) is 3. The number of rotatable bonds is 5. The van der Waals surface area contributed by atoms with Gasteiger partial charge in [-0.2, -0.15) is 10.4 Å². The van der Waals surface area contributed by atoms with E-state index < -0.39 is 13.0 Å². The molecule has 1 saturated carbocycles. The van der Waals surface area contributed by atoms with Crippen molar-refractivity contribution in [3.05, 3.63) is 41.5 Å². The molecule has 0 radical (unpaired) electrons. The van der Waals surface area contributed by atoms with Gasteiger partial charge in [0.05, 0.1) is 18.0 Å². The van der Waals surface area contributed by atoms with Gasteiger partial charge in [0.2, 0.25) is 0 Å². The molecule has 30 heavy (non-hydrogen) atoms. The molecule has 0 unspecified atom stereocenters. The highest BCUT2D eigenvalue weighted by Crippen LogP contribution is 2.38. The lowest BCUT2D eigenvalue weighted by molar-refractivity contribution is 0.100. The molecule has 1 aliphatic heterocycles. The van der Waals surface area contributed by atoms with Gasteiger partial charge in [0, 0.05) is 17.4 Å². The number of nitrogens with zero attached hydrogens (tertiary/aromatic N) is 3. The Hall–Kier alpha value is -3.25. The molecular weight excluding hydrogens is 381 g/mol. The highest BCUT2D eigenvalue weighted by atomic mass is 16.5. The second-order valence-electron chi connectivity index (χ2n) is 8.09. The molecule has 1 amide bonds. The summed E-state index contributed by atoms with van der Waals surface area (Å²) in [6, 6.07) is 7.76. The van der Waals surface area contributed by atoms with Crippen LogP contribution in [0.3, 0.4) is 0 Å². The molecule has 0 spiro atoms. The fourth-order valence-corrected chi connectivity index (χ4v) is 4.23. The molecule has 9 heteroatoms. The second-order valence-corrected chi connectivity index (χ2v) is 8.09. The smallest absolute Gasteiger partial charge is 0.532 e. The number of primary amides is 1. The van der Waals surface area contributed by atoms with Crippen LogP contribution in [0.1, 0.15) is 55.1 Å². The molecule has 0 bridgehead atoms. The molecule has 4 N–H and O–H groups in total. The number of anilines is 2. The number of nitriles is 1. The number of nitrogens with one attached hydrogen (secondary N) is 1. The van der Waals surface area contributed by atoms with E-state index in [1.807, 2.05) is 19.9 Å². The summed E-state index contributed by atoms with van der Waals surface area (Å²) in [7, 11) is -0.967. The standard InChI is InChI=1S/C21H24BN5O3/c1-12(2)16-9-22(29)30-19-7-6-14(8-15(16)19)25-21-17(20(24)28)11-27(26-21)18-5-3-4-13(18)10-23/h6-9,11-13,18,29H,3-5H2,1-2H3,(H2,24,28)(H,25,26)/t13-,18+/m0/s1.